The molecule has 8 nitrogen and oxygen atoms in total. The van der Waals surface area contributed by atoms with Crippen LogP contribution in [0.3, 0.4) is 0 Å². The average Bonchev–Trinajstić information content (AvgIpc) is 3.66. The molecule has 0 bridgehead atoms. The van der Waals surface area contributed by atoms with E-state index in [9.17, 15) is 9.59 Å². The van der Waals surface area contributed by atoms with E-state index in [1.165, 1.54) is 43.2 Å². The van der Waals surface area contributed by atoms with E-state index in [2.05, 4.69) is 26.0 Å². The van der Waals surface area contributed by atoms with Crippen molar-refractivity contribution in [2.24, 2.45) is 11.8 Å². The highest BCUT2D eigenvalue weighted by Crippen LogP contribution is 2.36. The van der Waals surface area contributed by atoms with Crippen molar-refractivity contribution >= 4 is 11.9 Å². The molecule has 3 aromatic rings. The maximum absolute atomic E-state index is 13.0. The molecule has 240 valence electrons. The Balaban J connectivity index is 1.04. The van der Waals surface area contributed by atoms with Crippen LogP contribution in [0.5, 0.6) is 17.2 Å². The van der Waals surface area contributed by atoms with Gasteiger partial charge in [0.1, 0.15) is 24.0 Å². The Labute approximate surface area is 265 Å². The topological polar surface area (TPSA) is 89.5 Å². The highest BCUT2D eigenvalue weighted by molar-refractivity contribution is 5.91. The first-order valence-electron chi connectivity index (χ1n) is 16.3. The predicted octanol–water partition coefficient (Wildman–Crippen LogP) is 7.32. The van der Waals surface area contributed by atoms with Crippen LogP contribution in [-0.2, 0) is 32.0 Å². The first kappa shape index (κ1) is 32.7. The summed E-state index contributed by atoms with van der Waals surface area (Å²) >= 11 is 0. The first-order valence-corrected chi connectivity index (χ1v) is 16.3. The van der Waals surface area contributed by atoms with Crippen LogP contribution in [0, 0.1) is 11.8 Å². The Morgan fingerprint density at radius 1 is 0.667 bits per heavy atom. The second-order valence-corrected chi connectivity index (χ2v) is 11.9. The molecule has 0 aromatic heterocycles. The number of esters is 2. The number of unbranched alkanes of at least 4 members (excludes halogenated alkanes) is 4. The van der Waals surface area contributed by atoms with Crippen LogP contribution in [0.1, 0.15) is 73.9 Å². The van der Waals surface area contributed by atoms with E-state index >= 15 is 0 Å². The molecule has 2 saturated heterocycles. The van der Waals surface area contributed by atoms with Gasteiger partial charge >= 0.3 is 11.9 Å². The number of benzene rings is 3. The average molecular weight is 617 g/mol. The van der Waals surface area contributed by atoms with Gasteiger partial charge in [0.2, 0.25) is 0 Å². The van der Waals surface area contributed by atoms with Crippen molar-refractivity contribution in [1.29, 1.82) is 0 Å². The monoisotopic (exact) mass is 616 g/mol. The molecule has 45 heavy (non-hydrogen) atoms. The number of hydrogen-bond acceptors (Lipinski definition) is 8. The Morgan fingerprint density at radius 3 is 1.84 bits per heavy atom. The summed E-state index contributed by atoms with van der Waals surface area (Å²) in [5.41, 5.74) is 2.98. The smallest absolute Gasteiger partial charge is 0.343 e. The second-order valence-electron chi connectivity index (χ2n) is 11.9. The normalized spacial score (nSPS) is 20.5. The Bertz CT molecular complexity index is 1350. The molecule has 0 amide bonds. The standard InChI is InChI=1S/C37H44O8/c1-3-5-7-9-26-11-15-28(16-12-26)36(38)43-30-19-21-31(22-20-30)44-37(39)33-25-41-34-29(23-40-35(33)34)24-42-45-32-17-13-27(14-18-32)10-8-6-4-2/h11-22,29,33-35H,3-10,23-25H2,1-2H3/t29?,33?,34-,35-/m1/s1. The summed E-state index contributed by atoms with van der Waals surface area (Å²) in [6, 6.07) is 21.9. The van der Waals surface area contributed by atoms with Gasteiger partial charge in [0, 0.05) is 5.92 Å². The summed E-state index contributed by atoms with van der Waals surface area (Å²) in [5, 5.41) is 0. The van der Waals surface area contributed by atoms with Gasteiger partial charge in [-0.1, -0.05) is 63.8 Å². The van der Waals surface area contributed by atoms with Crippen molar-refractivity contribution in [2.45, 2.75) is 77.4 Å². The van der Waals surface area contributed by atoms with Gasteiger partial charge in [0.05, 0.1) is 31.0 Å². The van der Waals surface area contributed by atoms with Gasteiger partial charge < -0.3 is 23.8 Å². The summed E-state index contributed by atoms with van der Waals surface area (Å²) in [6.45, 7) is 5.27. The maximum atomic E-state index is 13.0. The Hall–Kier alpha value is -3.72. The molecular formula is C37H44O8. The van der Waals surface area contributed by atoms with Crippen molar-refractivity contribution < 1.29 is 38.3 Å². The van der Waals surface area contributed by atoms with E-state index in [-0.39, 0.29) is 25.2 Å². The molecule has 0 aliphatic carbocycles. The molecule has 2 heterocycles. The number of carbonyl (C=O) groups excluding carboxylic acids is 2. The van der Waals surface area contributed by atoms with E-state index in [0.717, 1.165) is 19.3 Å². The third-order valence-electron chi connectivity index (χ3n) is 8.40. The lowest BCUT2D eigenvalue weighted by Crippen LogP contribution is -2.34. The largest absolute Gasteiger partial charge is 0.426 e. The van der Waals surface area contributed by atoms with Crippen molar-refractivity contribution in [3.63, 3.8) is 0 Å². The van der Waals surface area contributed by atoms with Crippen molar-refractivity contribution in [2.75, 3.05) is 19.8 Å². The Kier molecular flexibility index (Phi) is 12.0. The molecule has 0 radical (unpaired) electrons. The minimum atomic E-state index is -0.552. The highest BCUT2D eigenvalue weighted by Gasteiger charge is 2.51. The summed E-state index contributed by atoms with van der Waals surface area (Å²) in [5.74, 6) is -0.122. The molecule has 2 aliphatic heterocycles. The highest BCUT2D eigenvalue weighted by atomic mass is 17.2. The molecule has 8 heteroatoms. The van der Waals surface area contributed by atoms with Crippen LogP contribution in [-0.4, -0.2) is 44.0 Å². The number of aryl methyl sites for hydroxylation is 2. The lowest BCUT2D eigenvalue weighted by molar-refractivity contribution is -0.220. The number of carbonyl (C=O) groups is 2. The summed E-state index contributed by atoms with van der Waals surface area (Å²) in [7, 11) is 0. The van der Waals surface area contributed by atoms with Crippen molar-refractivity contribution in [1.82, 2.24) is 0 Å². The lowest BCUT2D eigenvalue weighted by atomic mass is 9.97. The van der Waals surface area contributed by atoms with E-state index in [1.807, 2.05) is 24.3 Å². The third kappa shape index (κ3) is 9.16. The number of ether oxygens (including phenoxy) is 4. The number of fused-ring (bicyclic) bond motifs is 1. The fourth-order valence-electron chi connectivity index (χ4n) is 5.72. The molecule has 2 unspecified atom stereocenters. The fraction of sp³-hybridized carbons (Fsp3) is 0.459. The molecule has 4 atom stereocenters. The maximum Gasteiger partial charge on any atom is 0.343 e. The first-order chi connectivity index (χ1) is 22.0. The van der Waals surface area contributed by atoms with Crippen molar-refractivity contribution in [3.05, 3.63) is 89.5 Å². The van der Waals surface area contributed by atoms with Gasteiger partial charge in [-0.05, 0) is 85.3 Å². The van der Waals surface area contributed by atoms with Gasteiger partial charge in [-0.2, -0.15) is 4.89 Å². The van der Waals surface area contributed by atoms with E-state index in [4.69, 9.17) is 28.7 Å². The molecule has 0 saturated carbocycles. The molecular weight excluding hydrogens is 572 g/mol. The second kappa shape index (κ2) is 16.5. The van der Waals surface area contributed by atoms with Crippen LogP contribution in [0.4, 0.5) is 0 Å². The van der Waals surface area contributed by atoms with Gasteiger partial charge in [-0.25, -0.2) is 4.79 Å². The van der Waals surface area contributed by atoms with Crippen LogP contribution in [0.15, 0.2) is 72.8 Å². The number of rotatable bonds is 16. The molecule has 2 aliphatic rings. The summed E-state index contributed by atoms with van der Waals surface area (Å²) < 4.78 is 23.0. The van der Waals surface area contributed by atoms with E-state index in [0.29, 0.717) is 29.4 Å². The van der Waals surface area contributed by atoms with Gasteiger partial charge in [-0.15, -0.1) is 0 Å². The van der Waals surface area contributed by atoms with Crippen molar-refractivity contribution in [3.8, 4) is 17.2 Å². The van der Waals surface area contributed by atoms with Crippen LogP contribution >= 0.6 is 0 Å². The summed E-state index contributed by atoms with van der Waals surface area (Å²) in [4.78, 5) is 36.6. The zero-order valence-electron chi connectivity index (χ0n) is 26.3. The minimum absolute atomic E-state index is 0.0626. The predicted molar refractivity (Wildman–Crippen MR) is 169 cm³/mol. The van der Waals surface area contributed by atoms with Crippen LogP contribution in [0.2, 0.25) is 0 Å². The third-order valence-corrected chi connectivity index (χ3v) is 8.40. The Morgan fingerprint density at radius 2 is 1.22 bits per heavy atom. The van der Waals surface area contributed by atoms with E-state index in [1.54, 1.807) is 36.4 Å². The molecule has 0 N–H and O–H groups in total. The molecule has 3 aromatic carbocycles. The molecule has 5 rings (SSSR count). The molecule has 2 fully saturated rings. The fourth-order valence-corrected chi connectivity index (χ4v) is 5.72. The number of hydrogen-bond donors (Lipinski definition) is 0. The quantitative estimate of drug-likeness (QED) is 0.0544. The zero-order valence-corrected chi connectivity index (χ0v) is 26.3. The lowest BCUT2D eigenvalue weighted by Gasteiger charge is -2.16. The molecule has 0 spiro atoms. The van der Waals surface area contributed by atoms with Gasteiger partial charge in [0.25, 0.3) is 0 Å². The van der Waals surface area contributed by atoms with E-state index < -0.39 is 24.0 Å². The van der Waals surface area contributed by atoms with Crippen LogP contribution in [0.25, 0.3) is 0 Å². The van der Waals surface area contributed by atoms with Crippen LogP contribution < -0.4 is 14.4 Å². The summed E-state index contributed by atoms with van der Waals surface area (Å²) in [6.07, 6.45) is 8.51. The minimum Gasteiger partial charge on any atom is -0.426 e. The SMILES string of the molecule is CCCCCc1ccc(OOCC2CO[C@@H]3C(C(=O)Oc4ccc(OC(=O)c5ccc(CCCCC)cc5)cc4)CO[C@H]23)cc1. The van der Waals surface area contributed by atoms with Gasteiger partial charge in [-0.3, -0.25) is 4.79 Å². The zero-order chi connectivity index (χ0) is 31.4. The van der Waals surface area contributed by atoms with Gasteiger partial charge in [0.15, 0.2) is 5.75 Å².